The van der Waals surface area contributed by atoms with Gasteiger partial charge in [0.2, 0.25) is 5.91 Å². The third kappa shape index (κ3) is 2.69. The van der Waals surface area contributed by atoms with Gasteiger partial charge in [-0.1, -0.05) is 30.3 Å². The van der Waals surface area contributed by atoms with Crippen molar-refractivity contribution in [3.05, 3.63) is 53.3 Å². The van der Waals surface area contributed by atoms with E-state index in [2.05, 4.69) is 10.4 Å². The highest BCUT2D eigenvalue weighted by molar-refractivity contribution is 5.83. The van der Waals surface area contributed by atoms with E-state index in [0.29, 0.717) is 0 Å². The van der Waals surface area contributed by atoms with E-state index in [9.17, 15) is 4.79 Å². The van der Waals surface area contributed by atoms with Crippen molar-refractivity contribution >= 4 is 5.91 Å². The van der Waals surface area contributed by atoms with E-state index in [1.54, 1.807) is 0 Å². The molecule has 0 saturated heterocycles. The molecule has 1 heterocycles. The number of nitrogens with two attached hydrogens (primary N) is 1. The lowest BCUT2D eigenvalue weighted by Crippen LogP contribution is -2.37. The van der Waals surface area contributed by atoms with Gasteiger partial charge in [0.1, 0.15) is 6.04 Å². The number of aromatic nitrogens is 2. The highest BCUT2D eigenvalue weighted by Crippen LogP contribution is 2.29. The Morgan fingerprint density at radius 1 is 1.43 bits per heavy atom. The summed E-state index contributed by atoms with van der Waals surface area (Å²) in [6, 6.07) is 8.83. The number of hydrogen-bond acceptors (Lipinski definition) is 3. The van der Waals surface area contributed by atoms with Gasteiger partial charge in [0, 0.05) is 18.3 Å². The van der Waals surface area contributed by atoms with Crippen molar-refractivity contribution in [3.63, 3.8) is 0 Å². The Morgan fingerprint density at radius 3 is 2.95 bits per heavy atom. The maximum atomic E-state index is 12.4. The number of rotatable bonds is 3. The molecule has 0 radical (unpaired) electrons. The van der Waals surface area contributed by atoms with Crippen LogP contribution in [-0.4, -0.2) is 15.7 Å². The number of nitrogens with zero attached hydrogens (tertiary/aromatic N) is 2. The third-order valence-corrected chi connectivity index (χ3v) is 4.13. The van der Waals surface area contributed by atoms with E-state index in [1.807, 2.05) is 48.3 Å². The molecule has 2 aromatic rings. The number of hydrogen-bond donors (Lipinski definition) is 2. The Bertz CT molecular complexity index is 635. The molecule has 0 saturated carbocycles. The summed E-state index contributed by atoms with van der Waals surface area (Å²) < 4.78 is 1.89. The molecule has 21 heavy (non-hydrogen) atoms. The standard InChI is InChI=1S/C16H20N4O/c1-20-14-9-5-8-13(12(14)10-18-20)19-16(21)15(17)11-6-3-2-4-7-11/h2-4,6-7,10,13,15H,5,8-9,17H2,1H3,(H,19,21)/t13?,15-/m1/s1. The van der Waals surface area contributed by atoms with E-state index in [0.717, 1.165) is 30.4 Å². The molecule has 1 amide bonds. The molecule has 2 atom stereocenters. The maximum Gasteiger partial charge on any atom is 0.241 e. The highest BCUT2D eigenvalue weighted by Gasteiger charge is 2.26. The molecule has 1 aromatic heterocycles. The smallest absolute Gasteiger partial charge is 0.241 e. The Kier molecular flexibility index (Phi) is 3.75. The Morgan fingerprint density at radius 2 is 2.19 bits per heavy atom. The second-order valence-electron chi connectivity index (χ2n) is 5.51. The van der Waals surface area contributed by atoms with E-state index in [1.165, 1.54) is 5.69 Å². The summed E-state index contributed by atoms with van der Waals surface area (Å²) in [5.74, 6) is -0.136. The summed E-state index contributed by atoms with van der Waals surface area (Å²) in [5.41, 5.74) is 9.21. The first-order chi connectivity index (χ1) is 10.2. The number of fused-ring (bicyclic) bond motifs is 1. The van der Waals surface area contributed by atoms with Crippen molar-refractivity contribution in [2.75, 3.05) is 0 Å². The van der Waals surface area contributed by atoms with Gasteiger partial charge in [-0.25, -0.2) is 0 Å². The molecule has 5 heteroatoms. The first-order valence-corrected chi connectivity index (χ1v) is 7.28. The number of carbonyl (C=O) groups excluding carboxylic acids is 1. The van der Waals surface area contributed by atoms with Gasteiger partial charge in [-0.3, -0.25) is 9.48 Å². The average molecular weight is 284 g/mol. The van der Waals surface area contributed by atoms with Crippen LogP contribution in [0.5, 0.6) is 0 Å². The minimum Gasteiger partial charge on any atom is -0.348 e. The van der Waals surface area contributed by atoms with Crippen LogP contribution < -0.4 is 11.1 Å². The lowest BCUT2D eigenvalue weighted by Gasteiger charge is -2.25. The van der Waals surface area contributed by atoms with Gasteiger partial charge in [0.05, 0.1) is 12.2 Å². The molecule has 0 spiro atoms. The quantitative estimate of drug-likeness (QED) is 0.899. The molecule has 0 fully saturated rings. The largest absolute Gasteiger partial charge is 0.348 e. The molecule has 0 aliphatic heterocycles. The van der Waals surface area contributed by atoms with Gasteiger partial charge in [0.15, 0.2) is 0 Å². The normalized spacial score (nSPS) is 18.9. The van der Waals surface area contributed by atoms with Crippen molar-refractivity contribution < 1.29 is 4.79 Å². The maximum absolute atomic E-state index is 12.4. The molecule has 5 nitrogen and oxygen atoms in total. The lowest BCUT2D eigenvalue weighted by molar-refractivity contribution is -0.123. The summed E-state index contributed by atoms with van der Waals surface area (Å²) >= 11 is 0. The third-order valence-electron chi connectivity index (χ3n) is 4.13. The first-order valence-electron chi connectivity index (χ1n) is 7.28. The first kappa shape index (κ1) is 13.8. The molecule has 110 valence electrons. The lowest BCUT2D eigenvalue weighted by atomic mass is 9.92. The zero-order valence-corrected chi connectivity index (χ0v) is 12.1. The predicted octanol–water partition coefficient (Wildman–Crippen LogP) is 1.61. The number of nitrogens with one attached hydrogen (secondary N) is 1. The van der Waals surface area contributed by atoms with Crippen molar-refractivity contribution in [1.82, 2.24) is 15.1 Å². The minimum atomic E-state index is -0.631. The van der Waals surface area contributed by atoms with Crippen molar-refractivity contribution in [2.45, 2.75) is 31.3 Å². The van der Waals surface area contributed by atoms with Crippen LogP contribution >= 0.6 is 0 Å². The van der Waals surface area contributed by atoms with Crippen LogP contribution in [-0.2, 0) is 18.3 Å². The van der Waals surface area contributed by atoms with E-state index < -0.39 is 6.04 Å². The molecule has 3 N–H and O–H groups in total. The summed E-state index contributed by atoms with van der Waals surface area (Å²) in [5, 5.41) is 7.36. The fourth-order valence-corrected chi connectivity index (χ4v) is 2.93. The van der Waals surface area contributed by atoms with Crippen molar-refractivity contribution in [2.24, 2.45) is 12.8 Å². The Labute approximate surface area is 124 Å². The van der Waals surface area contributed by atoms with Gasteiger partial charge >= 0.3 is 0 Å². The summed E-state index contributed by atoms with van der Waals surface area (Å²) in [4.78, 5) is 12.4. The van der Waals surface area contributed by atoms with Gasteiger partial charge in [-0.2, -0.15) is 5.10 Å². The molecule has 1 unspecified atom stereocenters. The molecule has 0 bridgehead atoms. The SMILES string of the molecule is Cn1ncc2c1CCCC2NC(=O)[C@H](N)c1ccccc1. The van der Waals surface area contributed by atoms with Crippen LogP contribution in [0.25, 0.3) is 0 Å². The van der Waals surface area contributed by atoms with Gasteiger partial charge < -0.3 is 11.1 Å². The van der Waals surface area contributed by atoms with E-state index in [4.69, 9.17) is 5.73 Å². The average Bonchev–Trinajstić information content (AvgIpc) is 2.90. The van der Waals surface area contributed by atoms with Crippen LogP contribution in [0.15, 0.2) is 36.5 Å². The zero-order valence-electron chi connectivity index (χ0n) is 12.1. The summed E-state index contributed by atoms with van der Waals surface area (Å²) in [6.07, 6.45) is 4.86. The van der Waals surface area contributed by atoms with E-state index >= 15 is 0 Å². The fraction of sp³-hybridized carbons (Fsp3) is 0.375. The second-order valence-corrected chi connectivity index (χ2v) is 5.51. The van der Waals surface area contributed by atoms with Crippen molar-refractivity contribution in [1.29, 1.82) is 0 Å². The summed E-state index contributed by atoms with van der Waals surface area (Å²) in [6.45, 7) is 0. The Hall–Kier alpha value is -2.14. The van der Waals surface area contributed by atoms with E-state index in [-0.39, 0.29) is 11.9 Å². The van der Waals surface area contributed by atoms with Crippen LogP contribution in [0, 0.1) is 0 Å². The zero-order chi connectivity index (χ0) is 14.8. The van der Waals surface area contributed by atoms with Crippen LogP contribution in [0.3, 0.4) is 0 Å². The molecular formula is C16H20N4O. The number of carbonyl (C=O) groups is 1. The predicted molar refractivity (Wildman–Crippen MR) is 80.4 cm³/mol. The number of amides is 1. The number of benzene rings is 1. The van der Waals surface area contributed by atoms with Crippen LogP contribution in [0.1, 0.15) is 41.7 Å². The molecular weight excluding hydrogens is 264 g/mol. The highest BCUT2D eigenvalue weighted by atomic mass is 16.2. The molecule has 1 aromatic carbocycles. The van der Waals surface area contributed by atoms with Gasteiger partial charge in [0.25, 0.3) is 0 Å². The van der Waals surface area contributed by atoms with Crippen molar-refractivity contribution in [3.8, 4) is 0 Å². The van der Waals surface area contributed by atoms with Crippen LogP contribution in [0.4, 0.5) is 0 Å². The monoisotopic (exact) mass is 284 g/mol. The molecule has 3 rings (SSSR count). The van der Waals surface area contributed by atoms with Crippen LogP contribution in [0.2, 0.25) is 0 Å². The Balaban J connectivity index is 1.74. The second kappa shape index (κ2) is 5.69. The topological polar surface area (TPSA) is 72.9 Å². The molecule has 1 aliphatic carbocycles. The summed E-state index contributed by atoms with van der Waals surface area (Å²) in [7, 11) is 1.94. The fourth-order valence-electron chi connectivity index (χ4n) is 2.93. The van der Waals surface area contributed by atoms with Gasteiger partial charge in [-0.05, 0) is 24.8 Å². The minimum absolute atomic E-state index is 0.0183. The number of aryl methyl sites for hydroxylation is 1. The molecule has 1 aliphatic rings. The van der Waals surface area contributed by atoms with Gasteiger partial charge in [-0.15, -0.1) is 0 Å².